The van der Waals surface area contributed by atoms with Crippen LogP contribution in [0.3, 0.4) is 0 Å². The van der Waals surface area contributed by atoms with Gasteiger partial charge in [-0.2, -0.15) is 0 Å². The predicted octanol–water partition coefficient (Wildman–Crippen LogP) is 3.55. The van der Waals surface area contributed by atoms with E-state index in [9.17, 15) is 9.90 Å². The van der Waals surface area contributed by atoms with Crippen LogP contribution in [-0.4, -0.2) is 14.5 Å². The Morgan fingerprint density at radius 2 is 1.67 bits per heavy atom. The van der Waals surface area contributed by atoms with Gasteiger partial charge in [-0.05, 0) is 56.2 Å². The molecule has 0 spiro atoms. The van der Waals surface area contributed by atoms with E-state index < -0.39 is 0 Å². The molecule has 0 saturated carbocycles. The van der Waals surface area contributed by atoms with Gasteiger partial charge in [-0.1, -0.05) is 18.2 Å². The summed E-state index contributed by atoms with van der Waals surface area (Å²) in [5, 5.41) is 13.0. The van der Waals surface area contributed by atoms with E-state index in [0.717, 1.165) is 28.2 Å². The Kier molecular flexibility index (Phi) is 3.93. The van der Waals surface area contributed by atoms with Crippen LogP contribution in [-0.2, 0) is 7.05 Å². The van der Waals surface area contributed by atoms with Gasteiger partial charge in [0, 0.05) is 12.7 Å². The fourth-order valence-corrected chi connectivity index (χ4v) is 2.78. The number of phenolic OH excluding ortho intramolecular Hbond substituents is 1. The van der Waals surface area contributed by atoms with Gasteiger partial charge < -0.3 is 10.4 Å². The highest BCUT2D eigenvalue weighted by atomic mass is 16.3. The van der Waals surface area contributed by atoms with Crippen molar-refractivity contribution in [2.75, 3.05) is 5.32 Å². The zero-order valence-corrected chi connectivity index (χ0v) is 14.3. The van der Waals surface area contributed by atoms with Gasteiger partial charge >= 0.3 is 0 Å². The predicted molar refractivity (Wildman–Crippen MR) is 96.6 cm³/mol. The number of anilines is 2. The molecule has 5 heteroatoms. The topological polar surface area (TPSA) is 59.2 Å². The van der Waals surface area contributed by atoms with Gasteiger partial charge in [0.15, 0.2) is 0 Å². The van der Waals surface area contributed by atoms with Crippen LogP contribution in [0.15, 0.2) is 47.3 Å². The van der Waals surface area contributed by atoms with Crippen molar-refractivity contribution in [2.24, 2.45) is 7.05 Å². The third kappa shape index (κ3) is 2.58. The van der Waals surface area contributed by atoms with Crippen molar-refractivity contribution < 1.29 is 5.11 Å². The van der Waals surface area contributed by atoms with Crippen molar-refractivity contribution in [3.05, 3.63) is 69.6 Å². The van der Waals surface area contributed by atoms with E-state index in [1.54, 1.807) is 10.7 Å². The fraction of sp³-hybridized carbons (Fsp3) is 0.211. The Balaban J connectivity index is 2.11. The van der Waals surface area contributed by atoms with Crippen LogP contribution >= 0.6 is 0 Å². The summed E-state index contributed by atoms with van der Waals surface area (Å²) < 4.78 is 3.48. The van der Waals surface area contributed by atoms with Gasteiger partial charge in [-0.15, -0.1) is 0 Å². The molecular formula is C19H21N3O2. The maximum absolute atomic E-state index is 12.9. The molecule has 2 aromatic carbocycles. The number of rotatable bonds is 3. The minimum atomic E-state index is -0.105. The molecule has 0 saturated heterocycles. The van der Waals surface area contributed by atoms with Crippen LogP contribution in [0.2, 0.25) is 0 Å². The second-order valence-corrected chi connectivity index (χ2v) is 6.02. The summed E-state index contributed by atoms with van der Waals surface area (Å²) in [6.07, 6.45) is 0. The number of nitrogens with one attached hydrogen (secondary N) is 1. The molecule has 5 nitrogen and oxygen atoms in total. The van der Waals surface area contributed by atoms with Gasteiger partial charge in [0.25, 0.3) is 5.56 Å². The molecule has 0 unspecified atom stereocenters. The lowest BCUT2D eigenvalue weighted by molar-refractivity contribution is 0.471. The third-order valence-corrected chi connectivity index (χ3v) is 4.36. The summed E-state index contributed by atoms with van der Waals surface area (Å²) >= 11 is 0. The number of aryl methyl sites for hydroxylation is 2. The average molecular weight is 323 g/mol. The maximum atomic E-state index is 12.9. The molecule has 0 fully saturated rings. The minimum Gasteiger partial charge on any atom is -0.508 e. The van der Waals surface area contributed by atoms with E-state index in [1.807, 2.05) is 68.9 Å². The molecule has 0 atom stereocenters. The Hall–Kier alpha value is -2.95. The lowest BCUT2D eigenvalue weighted by Crippen LogP contribution is -2.20. The van der Waals surface area contributed by atoms with E-state index in [-0.39, 0.29) is 11.3 Å². The number of aromatic hydroxyl groups is 1. The van der Waals surface area contributed by atoms with Gasteiger partial charge in [0.05, 0.1) is 11.4 Å². The zero-order chi connectivity index (χ0) is 17.4. The molecule has 3 aromatic rings. The molecule has 1 aromatic heterocycles. The van der Waals surface area contributed by atoms with Crippen LogP contribution in [0.1, 0.15) is 16.8 Å². The maximum Gasteiger partial charge on any atom is 0.295 e. The first-order valence-electron chi connectivity index (χ1n) is 7.81. The van der Waals surface area contributed by atoms with Crippen molar-refractivity contribution in [2.45, 2.75) is 20.8 Å². The van der Waals surface area contributed by atoms with E-state index >= 15 is 0 Å². The monoisotopic (exact) mass is 323 g/mol. The molecule has 124 valence electrons. The summed E-state index contributed by atoms with van der Waals surface area (Å²) in [5.41, 5.74) is 4.55. The number of para-hydroxylation sites is 1. The highest BCUT2D eigenvalue weighted by Gasteiger charge is 2.17. The van der Waals surface area contributed by atoms with Crippen LogP contribution in [0.4, 0.5) is 11.4 Å². The number of benzene rings is 2. The smallest absolute Gasteiger partial charge is 0.295 e. The second-order valence-electron chi connectivity index (χ2n) is 6.02. The van der Waals surface area contributed by atoms with Crippen molar-refractivity contribution in [3.8, 4) is 11.4 Å². The van der Waals surface area contributed by atoms with Crippen molar-refractivity contribution >= 4 is 11.4 Å². The molecule has 0 aliphatic rings. The largest absolute Gasteiger partial charge is 0.508 e. The molecule has 0 bridgehead atoms. The summed E-state index contributed by atoms with van der Waals surface area (Å²) in [6, 6.07) is 13.1. The van der Waals surface area contributed by atoms with E-state index in [4.69, 9.17) is 0 Å². The van der Waals surface area contributed by atoms with E-state index in [0.29, 0.717) is 5.69 Å². The third-order valence-electron chi connectivity index (χ3n) is 4.36. The molecule has 3 rings (SSSR count). The number of hydrogen-bond acceptors (Lipinski definition) is 3. The molecule has 2 N–H and O–H groups in total. The van der Waals surface area contributed by atoms with Crippen LogP contribution in [0.25, 0.3) is 5.69 Å². The first-order valence-corrected chi connectivity index (χ1v) is 7.81. The van der Waals surface area contributed by atoms with E-state index in [2.05, 4.69) is 5.32 Å². The average Bonchev–Trinajstić information content (AvgIpc) is 2.77. The first-order chi connectivity index (χ1) is 11.4. The lowest BCUT2D eigenvalue weighted by atomic mass is 10.1. The lowest BCUT2D eigenvalue weighted by Gasteiger charge is -2.10. The second kappa shape index (κ2) is 5.92. The molecular weight excluding hydrogens is 302 g/mol. The van der Waals surface area contributed by atoms with Gasteiger partial charge in [-0.3, -0.25) is 9.48 Å². The van der Waals surface area contributed by atoms with Crippen LogP contribution in [0.5, 0.6) is 5.75 Å². The standard InChI is InChI=1S/C19H21N3O2/c1-12-11-17(23)13(2)10-16(12)20-18-14(3)21(4)22(19(18)24)15-8-6-5-7-9-15/h5-11,20,23H,1-4H3. The molecule has 1 heterocycles. The zero-order valence-electron chi connectivity index (χ0n) is 14.3. The van der Waals surface area contributed by atoms with Crippen molar-refractivity contribution in [3.63, 3.8) is 0 Å². The Morgan fingerprint density at radius 1 is 1.00 bits per heavy atom. The van der Waals surface area contributed by atoms with Crippen molar-refractivity contribution in [1.82, 2.24) is 9.36 Å². The highest BCUT2D eigenvalue weighted by molar-refractivity contribution is 5.67. The Morgan fingerprint density at radius 3 is 2.33 bits per heavy atom. The summed E-state index contributed by atoms with van der Waals surface area (Å²) in [5.74, 6) is 0.254. The quantitative estimate of drug-likeness (QED) is 0.725. The molecule has 0 aliphatic heterocycles. The summed E-state index contributed by atoms with van der Waals surface area (Å²) in [6.45, 7) is 5.64. The number of hydrogen-bond donors (Lipinski definition) is 2. The first kappa shape index (κ1) is 15.9. The number of aromatic nitrogens is 2. The normalized spacial score (nSPS) is 10.8. The molecule has 0 radical (unpaired) electrons. The van der Waals surface area contributed by atoms with Gasteiger partial charge in [0.2, 0.25) is 0 Å². The van der Waals surface area contributed by atoms with Gasteiger partial charge in [-0.25, -0.2) is 4.68 Å². The van der Waals surface area contributed by atoms with E-state index in [1.165, 1.54) is 0 Å². The Labute approximate surface area is 140 Å². The van der Waals surface area contributed by atoms with Gasteiger partial charge in [0.1, 0.15) is 11.4 Å². The van der Waals surface area contributed by atoms with Crippen molar-refractivity contribution in [1.29, 1.82) is 0 Å². The van der Waals surface area contributed by atoms with Crippen LogP contribution in [0, 0.1) is 20.8 Å². The Bertz CT molecular complexity index is 953. The molecule has 0 amide bonds. The summed E-state index contributed by atoms with van der Waals surface area (Å²) in [4.78, 5) is 12.9. The number of phenols is 1. The minimum absolute atomic E-state index is 0.105. The highest BCUT2D eigenvalue weighted by Crippen LogP contribution is 2.28. The van der Waals surface area contributed by atoms with Crippen LogP contribution < -0.4 is 10.9 Å². The summed E-state index contributed by atoms with van der Waals surface area (Å²) in [7, 11) is 1.86. The fourth-order valence-electron chi connectivity index (χ4n) is 2.78. The number of nitrogens with zero attached hydrogens (tertiary/aromatic N) is 2. The molecule has 24 heavy (non-hydrogen) atoms. The SMILES string of the molecule is Cc1cc(Nc2c(C)n(C)n(-c3ccccc3)c2=O)c(C)cc1O. The molecule has 0 aliphatic carbocycles.